The molecule has 2 amide bonds. The predicted molar refractivity (Wildman–Crippen MR) is 178 cm³/mol. The van der Waals surface area contributed by atoms with E-state index in [9.17, 15) is 19.5 Å². The number of benzene rings is 4. The summed E-state index contributed by atoms with van der Waals surface area (Å²) >= 11 is 0. The number of likely N-dealkylation sites (N-methyl/N-ethyl adjacent to an activating group) is 1. The van der Waals surface area contributed by atoms with Crippen LogP contribution in [-0.4, -0.2) is 56.1 Å². The number of carbonyl (C=O) groups excluding carboxylic acids is 2. The number of fused-ring (bicyclic) bond motifs is 2. The van der Waals surface area contributed by atoms with Gasteiger partial charge in [-0.15, -0.1) is 0 Å². The molecule has 0 unspecified atom stereocenters. The number of carbonyl (C=O) groups is 3. The van der Waals surface area contributed by atoms with Gasteiger partial charge in [0, 0.05) is 48.5 Å². The minimum absolute atomic E-state index is 0.0326. The summed E-state index contributed by atoms with van der Waals surface area (Å²) in [7, 11) is 4.03. The Bertz CT molecular complexity index is 2090. The number of amides is 2. The highest BCUT2D eigenvalue weighted by atomic mass is 16.4. The fourth-order valence-electron chi connectivity index (χ4n) is 5.46. The number of rotatable bonds is 10. The Kier molecular flexibility index (Phi) is 8.53. The highest BCUT2D eigenvalue weighted by molar-refractivity contribution is 6.20. The Labute approximate surface area is 265 Å². The van der Waals surface area contributed by atoms with Crippen LogP contribution in [0.25, 0.3) is 21.8 Å². The standard InChI is InChI=1S/C36H32N6O4/c1-41(22-24-12-15-32-26(18-24)20-38-42(32)2)17-16-23-10-13-27(14-11-23)39-35(44)33-29-8-3-4-9-31(29)37-21-30(33)34(43)40-28-7-5-6-25(19-28)36(45)46/h3-15,18-21H,16-17,22H2,1-2H3,(H,39,44)(H,40,43)(H,45,46). The van der Waals surface area contributed by atoms with Gasteiger partial charge in [0.25, 0.3) is 11.8 Å². The summed E-state index contributed by atoms with van der Waals surface area (Å²) in [6, 6.07) is 27.1. The minimum atomic E-state index is -1.11. The van der Waals surface area contributed by atoms with E-state index in [0.29, 0.717) is 22.3 Å². The second kappa shape index (κ2) is 13.0. The molecule has 4 aromatic carbocycles. The van der Waals surface area contributed by atoms with Crippen molar-refractivity contribution in [2.75, 3.05) is 24.2 Å². The predicted octanol–water partition coefficient (Wildman–Crippen LogP) is 6.00. The summed E-state index contributed by atoms with van der Waals surface area (Å²) in [4.78, 5) is 45.1. The van der Waals surface area contributed by atoms with E-state index in [-0.39, 0.29) is 16.7 Å². The number of carboxylic acids is 1. The van der Waals surface area contributed by atoms with Crippen molar-refractivity contribution < 1.29 is 19.5 Å². The van der Waals surface area contributed by atoms with Gasteiger partial charge in [-0.25, -0.2) is 4.79 Å². The Balaban J connectivity index is 1.14. The molecule has 0 aliphatic rings. The molecule has 2 aromatic heterocycles. The molecule has 0 aliphatic heterocycles. The summed E-state index contributed by atoms with van der Waals surface area (Å²) in [5, 5.41) is 20.9. The largest absolute Gasteiger partial charge is 0.478 e. The molecule has 0 spiro atoms. The molecule has 0 saturated heterocycles. The molecule has 6 aromatic rings. The van der Waals surface area contributed by atoms with Crippen molar-refractivity contribution in [3.05, 3.63) is 131 Å². The molecule has 2 heterocycles. The molecule has 0 bridgehead atoms. The van der Waals surface area contributed by atoms with Gasteiger partial charge in [-0.2, -0.15) is 5.10 Å². The number of hydrogen-bond acceptors (Lipinski definition) is 6. The van der Waals surface area contributed by atoms with E-state index in [1.54, 1.807) is 24.3 Å². The Morgan fingerprint density at radius 2 is 1.59 bits per heavy atom. The fraction of sp³-hybridized carbons (Fsp3) is 0.139. The Morgan fingerprint density at radius 1 is 0.826 bits per heavy atom. The van der Waals surface area contributed by atoms with Gasteiger partial charge in [0.15, 0.2) is 0 Å². The average Bonchev–Trinajstić information content (AvgIpc) is 3.43. The highest BCUT2D eigenvalue weighted by Crippen LogP contribution is 2.24. The van der Waals surface area contributed by atoms with Crippen molar-refractivity contribution in [2.24, 2.45) is 7.05 Å². The molecule has 6 rings (SSSR count). The average molecular weight is 613 g/mol. The van der Waals surface area contributed by atoms with Crippen LogP contribution in [0.4, 0.5) is 11.4 Å². The fourth-order valence-corrected chi connectivity index (χ4v) is 5.46. The maximum Gasteiger partial charge on any atom is 0.335 e. The molecule has 0 saturated carbocycles. The summed E-state index contributed by atoms with van der Waals surface area (Å²) in [6.07, 6.45) is 4.08. The number of pyridine rings is 1. The first-order valence-electron chi connectivity index (χ1n) is 14.8. The topological polar surface area (TPSA) is 129 Å². The first-order chi connectivity index (χ1) is 22.2. The van der Waals surface area contributed by atoms with Gasteiger partial charge < -0.3 is 20.6 Å². The van der Waals surface area contributed by atoms with Crippen LogP contribution < -0.4 is 10.6 Å². The van der Waals surface area contributed by atoms with E-state index in [2.05, 4.69) is 50.9 Å². The number of hydrogen-bond donors (Lipinski definition) is 3. The quantitative estimate of drug-likeness (QED) is 0.173. The smallest absolute Gasteiger partial charge is 0.335 e. The van der Waals surface area contributed by atoms with Crippen LogP contribution in [0, 0.1) is 0 Å². The van der Waals surface area contributed by atoms with Crippen molar-refractivity contribution in [1.29, 1.82) is 0 Å². The lowest BCUT2D eigenvalue weighted by molar-refractivity contribution is 0.0696. The summed E-state index contributed by atoms with van der Waals surface area (Å²) in [5.74, 6) is -2.15. The number of para-hydroxylation sites is 1. The molecule has 3 N–H and O–H groups in total. The lowest BCUT2D eigenvalue weighted by Crippen LogP contribution is -2.21. The van der Waals surface area contributed by atoms with Crippen LogP contribution >= 0.6 is 0 Å². The van der Waals surface area contributed by atoms with Crippen molar-refractivity contribution in [2.45, 2.75) is 13.0 Å². The number of anilines is 2. The monoisotopic (exact) mass is 612 g/mol. The maximum atomic E-state index is 13.7. The van der Waals surface area contributed by atoms with E-state index in [1.165, 1.54) is 30.0 Å². The van der Waals surface area contributed by atoms with Gasteiger partial charge in [0.2, 0.25) is 0 Å². The van der Waals surface area contributed by atoms with Crippen LogP contribution in [0.3, 0.4) is 0 Å². The van der Waals surface area contributed by atoms with Gasteiger partial charge >= 0.3 is 5.97 Å². The highest BCUT2D eigenvalue weighted by Gasteiger charge is 2.22. The molecule has 0 atom stereocenters. The maximum absolute atomic E-state index is 13.7. The zero-order valence-corrected chi connectivity index (χ0v) is 25.4. The second-order valence-electron chi connectivity index (χ2n) is 11.2. The van der Waals surface area contributed by atoms with E-state index in [0.717, 1.165) is 36.0 Å². The van der Waals surface area contributed by atoms with Crippen molar-refractivity contribution in [3.63, 3.8) is 0 Å². The number of aryl methyl sites for hydroxylation is 1. The first-order valence-corrected chi connectivity index (χ1v) is 14.8. The van der Waals surface area contributed by atoms with Crippen LogP contribution in [0.15, 0.2) is 103 Å². The molecule has 46 heavy (non-hydrogen) atoms. The summed E-state index contributed by atoms with van der Waals surface area (Å²) < 4.78 is 1.87. The molecule has 0 radical (unpaired) electrons. The van der Waals surface area contributed by atoms with Crippen LogP contribution in [0.1, 0.15) is 42.2 Å². The van der Waals surface area contributed by atoms with Gasteiger partial charge in [0.05, 0.1) is 33.9 Å². The van der Waals surface area contributed by atoms with E-state index < -0.39 is 17.8 Å². The van der Waals surface area contributed by atoms with Gasteiger partial charge in [-0.1, -0.05) is 42.5 Å². The normalized spacial score (nSPS) is 11.2. The van der Waals surface area contributed by atoms with Gasteiger partial charge in [-0.3, -0.25) is 19.3 Å². The number of carboxylic acid groups (broad SMARTS) is 1. The van der Waals surface area contributed by atoms with Gasteiger partial charge in [-0.05, 0) is 73.1 Å². The minimum Gasteiger partial charge on any atom is -0.478 e. The molecular weight excluding hydrogens is 580 g/mol. The Morgan fingerprint density at radius 3 is 2.39 bits per heavy atom. The van der Waals surface area contributed by atoms with Crippen LogP contribution in [0.5, 0.6) is 0 Å². The number of aromatic carboxylic acids is 1. The van der Waals surface area contributed by atoms with Crippen LogP contribution in [-0.2, 0) is 20.0 Å². The first kappa shape index (κ1) is 30.2. The van der Waals surface area contributed by atoms with E-state index in [1.807, 2.05) is 48.3 Å². The molecule has 0 fully saturated rings. The van der Waals surface area contributed by atoms with Crippen molar-refractivity contribution in [1.82, 2.24) is 19.7 Å². The number of nitrogens with one attached hydrogen (secondary N) is 2. The molecule has 230 valence electrons. The molecule has 10 heteroatoms. The summed E-state index contributed by atoms with van der Waals surface area (Å²) in [6.45, 7) is 1.67. The molecule has 10 nitrogen and oxygen atoms in total. The third-order valence-electron chi connectivity index (χ3n) is 7.87. The Hall–Kier alpha value is -5.87. The molecule has 0 aliphatic carbocycles. The van der Waals surface area contributed by atoms with E-state index in [4.69, 9.17) is 0 Å². The van der Waals surface area contributed by atoms with Crippen molar-refractivity contribution >= 4 is 51.0 Å². The zero-order chi connectivity index (χ0) is 32.2. The molecular formula is C36H32N6O4. The van der Waals surface area contributed by atoms with E-state index >= 15 is 0 Å². The van der Waals surface area contributed by atoms with Crippen LogP contribution in [0.2, 0.25) is 0 Å². The lowest BCUT2D eigenvalue weighted by atomic mass is 10.0. The third kappa shape index (κ3) is 6.62. The number of aromatic nitrogens is 3. The van der Waals surface area contributed by atoms with Crippen molar-refractivity contribution in [3.8, 4) is 0 Å². The SMILES string of the molecule is CN(CCc1ccc(NC(=O)c2c(C(=O)Nc3cccc(C(=O)O)c3)cnc3ccccc23)cc1)Cc1ccc2c(cnn2C)c1. The lowest BCUT2D eigenvalue weighted by Gasteiger charge is -2.17. The second-order valence-corrected chi connectivity index (χ2v) is 11.2. The third-order valence-corrected chi connectivity index (χ3v) is 7.87. The van der Waals surface area contributed by atoms with Gasteiger partial charge in [0.1, 0.15) is 0 Å². The summed E-state index contributed by atoms with van der Waals surface area (Å²) in [5.41, 5.74) is 5.19. The zero-order valence-electron chi connectivity index (χ0n) is 25.4. The number of nitrogens with zero attached hydrogens (tertiary/aromatic N) is 4.